The second-order valence-electron chi connectivity index (χ2n) is 7.41. The number of alkyl halides is 3. The quantitative estimate of drug-likeness (QED) is 0.386. The van der Waals surface area contributed by atoms with E-state index in [9.17, 15) is 22.8 Å². The van der Waals surface area contributed by atoms with E-state index in [4.69, 9.17) is 4.74 Å². The lowest BCUT2D eigenvalue weighted by Crippen LogP contribution is -2.24. The molecule has 0 atom stereocenters. The zero-order valence-electron chi connectivity index (χ0n) is 18.5. The Balaban J connectivity index is 1.59. The largest absolute Gasteiger partial charge is 0.480 e. The summed E-state index contributed by atoms with van der Waals surface area (Å²) in [6.45, 7) is -0.224. The third kappa shape index (κ3) is 4.90. The van der Waals surface area contributed by atoms with Crippen molar-refractivity contribution in [2.24, 2.45) is 0 Å². The van der Waals surface area contributed by atoms with Crippen molar-refractivity contribution in [2.75, 3.05) is 14.2 Å². The number of methoxy groups -OCH3 is 1. The first kappa shape index (κ1) is 23.7. The molecule has 4 rings (SSSR count). The first-order valence-electron chi connectivity index (χ1n) is 10.3. The van der Waals surface area contributed by atoms with Crippen LogP contribution >= 0.6 is 0 Å². The van der Waals surface area contributed by atoms with Crippen LogP contribution in [-0.4, -0.2) is 46.1 Å². The van der Waals surface area contributed by atoms with E-state index in [0.29, 0.717) is 22.0 Å². The number of nitrogens with one attached hydrogen (secondary N) is 3. The number of hydrogen-bond acceptors (Lipinski definition) is 6. The second-order valence-corrected chi connectivity index (χ2v) is 7.41. The van der Waals surface area contributed by atoms with E-state index in [0.717, 1.165) is 18.3 Å². The lowest BCUT2D eigenvalue weighted by atomic mass is 10.0. The molecule has 2 amide bonds. The van der Waals surface area contributed by atoms with Gasteiger partial charge in [-0.1, -0.05) is 6.07 Å². The molecule has 0 fully saturated rings. The van der Waals surface area contributed by atoms with Crippen LogP contribution in [-0.2, 0) is 12.7 Å². The summed E-state index contributed by atoms with van der Waals surface area (Å²) >= 11 is 0. The predicted octanol–water partition coefficient (Wildman–Crippen LogP) is 3.34. The molecular formula is C23H19F3N6O3. The van der Waals surface area contributed by atoms with Gasteiger partial charge in [-0.05, 0) is 35.9 Å². The highest BCUT2D eigenvalue weighted by molar-refractivity contribution is 6.05. The number of benzene rings is 1. The van der Waals surface area contributed by atoms with Gasteiger partial charge in [0.15, 0.2) is 5.69 Å². The van der Waals surface area contributed by atoms with Gasteiger partial charge in [0.2, 0.25) is 5.88 Å². The average Bonchev–Trinajstić information content (AvgIpc) is 3.29. The Kier molecular flexibility index (Phi) is 6.36. The van der Waals surface area contributed by atoms with Crippen LogP contribution in [0.4, 0.5) is 13.2 Å². The van der Waals surface area contributed by atoms with Crippen molar-refractivity contribution in [1.29, 1.82) is 0 Å². The molecule has 0 spiro atoms. The number of carbonyl (C=O) groups is 2. The Morgan fingerprint density at radius 1 is 1.06 bits per heavy atom. The van der Waals surface area contributed by atoms with Gasteiger partial charge in [-0.2, -0.15) is 18.3 Å². The number of rotatable bonds is 6. The molecule has 0 saturated heterocycles. The fourth-order valence-corrected chi connectivity index (χ4v) is 3.44. The highest BCUT2D eigenvalue weighted by Crippen LogP contribution is 2.30. The molecule has 12 heteroatoms. The summed E-state index contributed by atoms with van der Waals surface area (Å²) in [7, 11) is 2.86. The first-order valence-corrected chi connectivity index (χ1v) is 10.3. The van der Waals surface area contributed by atoms with Crippen molar-refractivity contribution in [3.8, 4) is 17.0 Å². The van der Waals surface area contributed by atoms with Crippen LogP contribution < -0.4 is 15.4 Å². The number of aromatic nitrogens is 4. The number of halogens is 3. The summed E-state index contributed by atoms with van der Waals surface area (Å²) < 4.78 is 44.0. The number of hydrogen-bond donors (Lipinski definition) is 3. The molecule has 0 unspecified atom stereocenters. The molecule has 0 aliphatic rings. The standard InChI is InChI=1S/C23H19F3N6O3/c1-27-21(34)19-16-4-3-12(8-18(16)31-32-19)13-7-17(22(35-2)30-10-13)20(33)29-11-15-9-14(5-6-28-15)23(24,25)26/h3-10H,11H2,1-2H3,(H,27,34)(H,29,33)(H,31,32). The van der Waals surface area contributed by atoms with Gasteiger partial charge in [0.1, 0.15) is 5.56 Å². The number of ether oxygens (including phenoxy) is 1. The zero-order chi connectivity index (χ0) is 25.2. The molecule has 0 aliphatic carbocycles. The van der Waals surface area contributed by atoms with E-state index in [-0.39, 0.29) is 35.3 Å². The van der Waals surface area contributed by atoms with Gasteiger partial charge in [-0.3, -0.25) is 19.7 Å². The predicted molar refractivity (Wildman–Crippen MR) is 120 cm³/mol. The molecule has 180 valence electrons. The van der Waals surface area contributed by atoms with Gasteiger partial charge < -0.3 is 15.4 Å². The zero-order valence-corrected chi connectivity index (χ0v) is 18.5. The number of carbonyl (C=O) groups excluding carboxylic acids is 2. The molecule has 0 bridgehead atoms. The minimum absolute atomic E-state index is 0.0489. The fourth-order valence-electron chi connectivity index (χ4n) is 3.44. The van der Waals surface area contributed by atoms with E-state index in [1.54, 1.807) is 24.3 Å². The van der Waals surface area contributed by atoms with Gasteiger partial charge in [0.05, 0.1) is 30.4 Å². The fraction of sp³-hybridized carbons (Fsp3) is 0.174. The van der Waals surface area contributed by atoms with Gasteiger partial charge in [0.25, 0.3) is 11.8 Å². The van der Waals surface area contributed by atoms with Crippen molar-refractivity contribution in [2.45, 2.75) is 12.7 Å². The highest BCUT2D eigenvalue weighted by atomic mass is 19.4. The lowest BCUT2D eigenvalue weighted by Gasteiger charge is -2.11. The molecule has 0 saturated carbocycles. The van der Waals surface area contributed by atoms with E-state index in [1.165, 1.54) is 20.4 Å². The molecule has 9 nitrogen and oxygen atoms in total. The Morgan fingerprint density at radius 3 is 2.57 bits per heavy atom. The van der Waals surface area contributed by atoms with Crippen molar-refractivity contribution in [3.63, 3.8) is 0 Å². The van der Waals surface area contributed by atoms with E-state index in [1.807, 2.05) is 0 Å². The summed E-state index contributed by atoms with van der Waals surface area (Å²) in [5.41, 5.74) is 1.41. The van der Waals surface area contributed by atoms with E-state index >= 15 is 0 Å². The summed E-state index contributed by atoms with van der Waals surface area (Å²) in [5.74, 6) is -0.878. The van der Waals surface area contributed by atoms with Crippen LogP contribution in [0.3, 0.4) is 0 Å². The van der Waals surface area contributed by atoms with Crippen molar-refractivity contribution in [3.05, 3.63) is 71.3 Å². The first-order chi connectivity index (χ1) is 16.7. The molecule has 3 N–H and O–H groups in total. The molecule has 3 aromatic heterocycles. The minimum Gasteiger partial charge on any atom is -0.480 e. The van der Waals surface area contributed by atoms with Crippen LogP contribution in [0.5, 0.6) is 5.88 Å². The number of aromatic amines is 1. The Labute approximate surface area is 196 Å². The Morgan fingerprint density at radius 2 is 1.86 bits per heavy atom. The van der Waals surface area contributed by atoms with Crippen LogP contribution in [0.1, 0.15) is 32.1 Å². The maximum Gasteiger partial charge on any atom is 0.416 e. The van der Waals surface area contributed by atoms with Crippen LogP contribution in [0.15, 0.2) is 48.8 Å². The smallest absolute Gasteiger partial charge is 0.416 e. The van der Waals surface area contributed by atoms with Crippen molar-refractivity contribution < 1.29 is 27.5 Å². The topological polar surface area (TPSA) is 122 Å². The number of nitrogens with zero attached hydrogens (tertiary/aromatic N) is 3. The van der Waals surface area contributed by atoms with Gasteiger partial charge in [-0.25, -0.2) is 4.98 Å². The van der Waals surface area contributed by atoms with Gasteiger partial charge >= 0.3 is 6.18 Å². The van der Waals surface area contributed by atoms with Crippen LogP contribution in [0, 0.1) is 0 Å². The number of H-pyrrole nitrogens is 1. The summed E-state index contributed by atoms with van der Waals surface area (Å²) in [6.07, 6.45) is -1.96. The molecule has 0 aliphatic heterocycles. The van der Waals surface area contributed by atoms with Crippen LogP contribution in [0.2, 0.25) is 0 Å². The number of fused-ring (bicyclic) bond motifs is 1. The van der Waals surface area contributed by atoms with Crippen molar-refractivity contribution >= 4 is 22.7 Å². The normalized spacial score (nSPS) is 11.3. The highest BCUT2D eigenvalue weighted by Gasteiger charge is 2.30. The molecular weight excluding hydrogens is 465 g/mol. The lowest BCUT2D eigenvalue weighted by molar-refractivity contribution is -0.137. The Bertz CT molecular complexity index is 1420. The molecule has 1 aromatic carbocycles. The van der Waals surface area contributed by atoms with Crippen molar-refractivity contribution in [1.82, 2.24) is 30.8 Å². The number of amides is 2. The average molecular weight is 484 g/mol. The molecule has 3 heterocycles. The third-order valence-electron chi connectivity index (χ3n) is 5.20. The summed E-state index contributed by atoms with van der Waals surface area (Å²) in [5, 5.41) is 12.5. The summed E-state index contributed by atoms with van der Waals surface area (Å²) in [4.78, 5) is 32.8. The second kappa shape index (κ2) is 9.41. The minimum atomic E-state index is -4.51. The third-order valence-corrected chi connectivity index (χ3v) is 5.20. The maximum absolute atomic E-state index is 12.9. The number of pyridine rings is 2. The van der Waals surface area contributed by atoms with E-state index < -0.39 is 17.6 Å². The SMILES string of the molecule is CNC(=O)c1n[nH]c2cc(-c3cnc(OC)c(C(=O)NCc4cc(C(F)(F)F)ccn4)c3)ccc12. The van der Waals surface area contributed by atoms with Gasteiger partial charge in [0, 0.05) is 30.4 Å². The molecule has 4 aromatic rings. The molecule has 0 radical (unpaired) electrons. The monoisotopic (exact) mass is 484 g/mol. The van der Waals surface area contributed by atoms with Gasteiger partial charge in [-0.15, -0.1) is 0 Å². The van der Waals surface area contributed by atoms with E-state index in [2.05, 4.69) is 30.8 Å². The van der Waals surface area contributed by atoms with Crippen LogP contribution in [0.25, 0.3) is 22.0 Å². The Hall–Kier alpha value is -4.48. The summed E-state index contributed by atoms with van der Waals surface area (Å²) in [6, 6.07) is 8.52. The maximum atomic E-state index is 12.9. The molecule has 35 heavy (non-hydrogen) atoms.